The van der Waals surface area contributed by atoms with Crippen molar-refractivity contribution in [2.45, 2.75) is 33.6 Å². The van der Waals surface area contributed by atoms with E-state index < -0.39 is 0 Å². The lowest BCUT2D eigenvalue weighted by Gasteiger charge is -2.15. The number of hydrogen-bond acceptors (Lipinski definition) is 2. The highest BCUT2D eigenvalue weighted by molar-refractivity contribution is 7.80. The molecule has 0 saturated carbocycles. The third-order valence-corrected chi connectivity index (χ3v) is 3.31. The van der Waals surface area contributed by atoms with Gasteiger partial charge in [0.15, 0.2) is 10.2 Å². The molecule has 1 rings (SSSR count). The summed E-state index contributed by atoms with van der Waals surface area (Å²) in [4.78, 5) is 0. The van der Waals surface area contributed by atoms with Gasteiger partial charge in [-0.1, -0.05) is 19.9 Å². The fourth-order valence-electron chi connectivity index (χ4n) is 1.65. The van der Waals surface area contributed by atoms with Gasteiger partial charge >= 0.3 is 0 Å². The van der Waals surface area contributed by atoms with Crippen molar-refractivity contribution in [2.24, 2.45) is 0 Å². The van der Waals surface area contributed by atoms with Gasteiger partial charge in [-0.2, -0.15) is 0 Å². The molecule has 0 saturated heterocycles. The lowest BCUT2D eigenvalue weighted by Crippen LogP contribution is -2.30. The molecule has 0 fully saturated rings. The Morgan fingerprint density at radius 1 is 0.952 bits per heavy atom. The molecule has 4 nitrogen and oxygen atoms in total. The van der Waals surface area contributed by atoms with Crippen LogP contribution in [0.1, 0.15) is 32.3 Å². The number of thiocarbonyl (C=S) groups is 2. The molecule has 6 heteroatoms. The van der Waals surface area contributed by atoms with Crippen molar-refractivity contribution < 1.29 is 0 Å². The Bertz CT molecular complexity index is 489. The van der Waals surface area contributed by atoms with Gasteiger partial charge < -0.3 is 21.3 Å². The van der Waals surface area contributed by atoms with Gasteiger partial charge in [0.1, 0.15) is 0 Å². The topological polar surface area (TPSA) is 48.1 Å². The van der Waals surface area contributed by atoms with Crippen LogP contribution in [0.15, 0.2) is 18.2 Å². The van der Waals surface area contributed by atoms with Crippen LogP contribution in [0, 0.1) is 6.92 Å². The molecule has 0 unspecified atom stereocenters. The van der Waals surface area contributed by atoms with E-state index in [0.717, 1.165) is 42.9 Å². The minimum atomic E-state index is 0.637. The molecular weight excluding hydrogens is 300 g/mol. The average molecular weight is 325 g/mol. The first-order chi connectivity index (χ1) is 10.1. The second kappa shape index (κ2) is 9.52. The summed E-state index contributed by atoms with van der Waals surface area (Å²) in [6.07, 6.45) is 2.08. The summed E-state index contributed by atoms with van der Waals surface area (Å²) < 4.78 is 0. The van der Waals surface area contributed by atoms with Crippen LogP contribution in [0.5, 0.6) is 0 Å². The van der Waals surface area contributed by atoms with Crippen molar-refractivity contribution >= 4 is 46.0 Å². The summed E-state index contributed by atoms with van der Waals surface area (Å²) in [5.74, 6) is 0. The molecule has 0 amide bonds. The predicted molar refractivity (Wildman–Crippen MR) is 100 cm³/mol. The molecule has 0 aliphatic carbocycles. The van der Waals surface area contributed by atoms with Crippen molar-refractivity contribution in [3.05, 3.63) is 23.8 Å². The van der Waals surface area contributed by atoms with E-state index in [9.17, 15) is 0 Å². The van der Waals surface area contributed by atoms with Gasteiger partial charge in [0.2, 0.25) is 0 Å². The van der Waals surface area contributed by atoms with Crippen LogP contribution in [0.4, 0.5) is 11.4 Å². The van der Waals surface area contributed by atoms with E-state index in [1.54, 1.807) is 0 Å². The number of hydrogen-bond donors (Lipinski definition) is 4. The van der Waals surface area contributed by atoms with Crippen LogP contribution < -0.4 is 21.3 Å². The van der Waals surface area contributed by atoms with Crippen molar-refractivity contribution in [1.82, 2.24) is 10.6 Å². The van der Waals surface area contributed by atoms with Crippen LogP contribution in [0.2, 0.25) is 0 Å². The molecule has 0 spiro atoms. The second-order valence-electron chi connectivity index (χ2n) is 4.79. The summed E-state index contributed by atoms with van der Waals surface area (Å²) >= 11 is 10.5. The van der Waals surface area contributed by atoms with E-state index in [0.29, 0.717) is 10.2 Å². The number of anilines is 2. The maximum Gasteiger partial charge on any atom is 0.170 e. The van der Waals surface area contributed by atoms with E-state index >= 15 is 0 Å². The Kier molecular flexibility index (Phi) is 8.00. The Hall–Kier alpha value is -1.40. The maximum absolute atomic E-state index is 5.27. The van der Waals surface area contributed by atoms with Crippen molar-refractivity contribution in [3.63, 3.8) is 0 Å². The highest BCUT2D eigenvalue weighted by Gasteiger charge is 2.04. The Morgan fingerprint density at radius 2 is 1.52 bits per heavy atom. The lowest BCUT2D eigenvalue weighted by atomic mass is 10.2. The molecule has 0 aliphatic heterocycles. The van der Waals surface area contributed by atoms with Crippen LogP contribution >= 0.6 is 24.4 Å². The Labute approximate surface area is 138 Å². The van der Waals surface area contributed by atoms with Gasteiger partial charge in [0.25, 0.3) is 0 Å². The first kappa shape index (κ1) is 17.7. The third-order valence-electron chi connectivity index (χ3n) is 2.81. The third kappa shape index (κ3) is 6.73. The summed E-state index contributed by atoms with van der Waals surface area (Å²) in [6.45, 7) is 7.99. The first-order valence-corrected chi connectivity index (χ1v) is 8.08. The molecule has 116 valence electrons. The molecule has 0 bridgehead atoms. The van der Waals surface area contributed by atoms with Gasteiger partial charge in [-0.15, -0.1) is 0 Å². The molecule has 0 atom stereocenters. The second-order valence-corrected chi connectivity index (χ2v) is 5.61. The highest BCUT2D eigenvalue weighted by Crippen LogP contribution is 2.20. The fourth-order valence-corrected chi connectivity index (χ4v) is 2.09. The minimum Gasteiger partial charge on any atom is -0.362 e. The van der Waals surface area contributed by atoms with E-state index in [2.05, 4.69) is 35.1 Å². The van der Waals surface area contributed by atoms with Gasteiger partial charge in [-0.3, -0.25) is 0 Å². The molecule has 0 aliphatic rings. The normalized spacial score (nSPS) is 9.86. The smallest absolute Gasteiger partial charge is 0.170 e. The molecule has 1 aromatic carbocycles. The SMILES string of the molecule is CCCNC(=S)Nc1ccc(C)c(NC(=S)NCCC)c1. The predicted octanol–water partition coefficient (Wildman–Crippen LogP) is 3.39. The number of benzene rings is 1. The Balaban J connectivity index is 2.66. The van der Waals surface area contributed by atoms with E-state index in [1.165, 1.54) is 0 Å². The molecule has 1 aromatic rings. The van der Waals surface area contributed by atoms with Crippen LogP contribution in [-0.2, 0) is 0 Å². The zero-order valence-corrected chi connectivity index (χ0v) is 14.5. The van der Waals surface area contributed by atoms with Gasteiger partial charge in [-0.25, -0.2) is 0 Å². The summed E-state index contributed by atoms with van der Waals surface area (Å²) in [5.41, 5.74) is 3.05. The van der Waals surface area contributed by atoms with Crippen LogP contribution in [-0.4, -0.2) is 23.3 Å². The molecule has 21 heavy (non-hydrogen) atoms. The van der Waals surface area contributed by atoms with Crippen molar-refractivity contribution in [3.8, 4) is 0 Å². The first-order valence-electron chi connectivity index (χ1n) is 7.27. The van der Waals surface area contributed by atoms with E-state index in [1.807, 2.05) is 25.1 Å². The molecule has 0 heterocycles. The summed E-state index contributed by atoms with van der Waals surface area (Å²) in [5, 5.41) is 14.0. The molecule has 0 aromatic heterocycles. The van der Waals surface area contributed by atoms with Gasteiger partial charge in [0, 0.05) is 24.5 Å². The molecular formula is C15H24N4S2. The monoisotopic (exact) mass is 324 g/mol. The summed E-state index contributed by atoms with van der Waals surface area (Å²) in [6, 6.07) is 6.05. The lowest BCUT2D eigenvalue weighted by molar-refractivity contribution is 0.846. The standard InChI is InChI=1S/C15H24N4S2/c1-4-8-16-14(20)18-12-7-6-11(3)13(10-12)19-15(21)17-9-5-2/h6-7,10H,4-5,8-9H2,1-3H3,(H2,16,18,20)(H2,17,19,21). The summed E-state index contributed by atoms with van der Waals surface area (Å²) in [7, 11) is 0. The molecule has 0 radical (unpaired) electrons. The Morgan fingerprint density at radius 3 is 2.10 bits per heavy atom. The largest absolute Gasteiger partial charge is 0.362 e. The van der Waals surface area contributed by atoms with E-state index in [4.69, 9.17) is 24.4 Å². The van der Waals surface area contributed by atoms with Crippen LogP contribution in [0.25, 0.3) is 0 Å². The zero-order chi connectivity index (χ0) is 15.7. The van der Waals surface area contributed by atoms with Gasteiger partial charge in [0.05, 0.1) is 0 Å². The van der Waals surface area contributed by atoms with Crippen molar-refractivity contribution in [2.75, 3.05) is 23.7 Å². The number of rotatable bonds is 6. The van der Waals surface area contributed by atoms with Crippen LogP contribution in [0.3, 0.4) is 0 Å². The number of aryl methyl sites for hydroxylation is 1. The highest BCUT2D eigenvalue weighted by atomic mass is 32.1. The fraction of sp³-hybridized carbons (Fsp3) is 0.467. The quantitative estimate of drug-likeness (QED) is 0.602. The van der Waals surface area contributed by atoms with E-state index in [-0.39, 0.29) is 0 Å². The maximum atomic E-state index is 5.27. The average Bonchev–Trinajstić information content (AvgIpc) is 2.46. The van der Waals surface area contributed by atoms with Crippen molar-refractivity contribution in [1.29, 1.82) is 0 Å². The number of nitrogens with one attached hydrogen (secondary N) is 4. The zero-order valence-electron chi connectivity index (χ0n) is 12.9. The van der Waals surface area contributed by atoms with Gasteiger partial charge in [-0.05, 0) is 61.9 Å². The molecule has 4 N–H and O–H groups in total. The minimum absolute atomic E-state index is 0.637.